The summed E-state index contributed by atoms with van der Waals surface area (Å²) in [5.41, 5.74) is 0.651. The number of rotatable bonds is 8. The second kappa shape index (κ2) is 8.24. The predicted molar refractivity (Wildman–Crippen MR) is 83.7 cm³/mol. The third-order valence-corrected chi connectivity index (χ3v) is 3.12. The van der Waals surface area contributed by atoms with Crippen LogP contribution in [0.1, 0.15) is 50.4 Å². The number of hydrogen-bond acceptors (Lipinski definition) is 4. The second-order valence-corrected chi connectivity index (χ2v) is 5.08. The Bertz CT molecular complexity index is 503. The average Bonchev–Trinajstić information content (AvgIpc) is 2.44. The molecule has 1 aromatic rings. The van der Waals surface area contributed by atoms with Gasteiger partial charge in [0.1, 0.15) is 5.56 Å². The quantitative estimate of drug-likeness (QED) is 0.568. The van der Waals surface area contributed by atoms with Crippen LogP contribution in [0.5, 0.6) is 0 Å². The molecule has 1 rings (SSSR count). The van der Waals surface area contributed by atoms with Gasteiger partial charge in [0.2, 0.25) is 0 Å². The molecular weight excluding hydrogens is 270 g/mol. The van der Waals surface area contributed by atoms with Crippen LogP contribution in [0.3, 0.4) is 0 Å². The summed E-state index contributed by atoms with van der Waals surface area (Å²) in [6, 6.07) is 4.54. The lowest BCUT2D eigenvalue weighted by Crippen LogP contribution is -2.32. The van der Waals surface area contributed by atoms with Gasteiger partial charge in [0.15, 0.2) is 0 Å². The van der Waals surface area contributed by atoms with Gasteiger partial charge < -0.3 is 10.6 Å². The lowest BCUT2D eigenvalue weighted by Gasteiger charge is -2.13. The van der Waals surface area contributed by atoms with E-state index in [0.29, 0.717) is 0 Å². The molecule has 0 aliphatic carbocycles. The minimum absolute atomic E-state index is 0.00522. The SMILES string of the molecule is CCCNc1ccc([N+](=O)[O-])c(C(=O)NC(C)CCC)c1. The van der Waals surface area contributed by atoms with Crippen LogP contribution in [-0.4, -0.2) is 23.4 Å². The molecule has 1 aromatic carbocycles. The topological polar surface area (TPSA) is 84.3 Å². The summed E-state index contributed by atoms with van der Waals surface area (Å²) in [5.74, 6) is -0.400. The van der Waals surface area contributed by atoms with Crippen LogP contribution in [0.15, 0.2) is 18.2 Å². The van der Waals surface area contributed by atoms with Crippen molar-refractivity contribution in [1.29, 1.82) is 0 Å². The van der Waals surface area contributed by atoms with Crippen molar-refractivity contribution in [3.05, 3.63) is 33.9 Å². The molecule has 0 spiro atoms. The van der Waals surface area contributed by atoms with Crippen LogP contribution < -0.4 is 10.6 Å². The van der Waals surface area contributed by atoms with E-state index in [4.69, 9.17) is 0 Å². The Balaban J connectivity index is 2.99. The van der Waals surface area contributed by atoms with E-state index in [2.05, 4.69) is 10.6 Å². The van der Waals surface area contributed by atoms with E-state index in [1.165, 1.54) is 6.07 Å². The number of benzene rings is 1. The van der Waals surface area contributed by atoms with Gasteiger partial charge in [-0.2, -0.15) is 0 Å². The zero-order valence-electron chi connectivity index (χ0n) is 12.8. The minimum atomic E-state index is -0.525. The standard InChI is InChI=1S/C15H23N3O3/c1-4-6-11(3)17-15(19)13-10-12(16-9-5-2)7-8-14(13)18(20)21/h7-8,10-11,16H,4-6,9H2,1-3H3,(H,17,19). The van der Waals surface area contributed by atoms with Crippen LogP contribution in [0, 0.1) is 10.1 Å². The monoisotopic (exact) mass is 293 g/mol. The molecule has 0 aliphatic heterocycles. The number of nitrogens with one attached hydrogen (secondary N) is 2. The van der Waals surface area contributed by atoms with Crippen molar-refractivity contribution in [3.8, 4) is 0 Å². The fourth-order valence-corrected chi connectivity index (χ4v) is 2.06. The molecule has 6 heteroatoms. The predicted octanol–water partition coefficient (Wildman–Crippen LogP) is 3.34. The van der Waals surface area contributed by atoms with E-state index >= 15 is 0 Å². The summed E-state index contributed by atoms with van der Waals surface area (Å²) in [6.45, 7) is 6.70. The van der Waals surface area contributed by atoms with Crippen molar-refractivity contribution >= 4 is 17.3 Å². The molecule has 0 aromatic heterocycles. The minimum Gasteiger partial charge on any atom is -0.385 e. The first kappa shape index (κ1) is 16.9. The molecule has 0 saturated carbocycles. The Morgan fingerprint density at radius 2 is 2.05 bits per heavy atom. The van der Waals surface area contributed by atoms with E-state index in [1.54, 1.807) is 12.1 Å². The summed E-state index contributed by atoms with van der Waals surface area (Å²) < 4.78 is 0. The van der Waals surface area contributed by atoms with Gasteiger partial charge in [-0.1, -0.05) is 20.3 Å². The smallest absolute Gasteiger partial charge is 0.282 e. The van der Waals surface area contributed by atoms with Crippen LogP contribution in [0.25, 0.3) is 0 Å². The molecule has 0 radical (unpaired) electrons. The highest BCUT2D eigenvalue weighted by Crippen LogP contribution is 2.23. The van der Waals surface area contributed by atoms with E-state index in [0.717, 1.165) is 31.5 Å². The Morgan fingerprint density at radius 1 is 1.33 bits per heavy atom. The molecule has 0 heterocycles. The maximum atomic E-state index is 12.2. The van der Waals surface area contributed by atoms with Gasteiger partial charge in [-0.25, -0.2) is 0 Å². The molecule has 0 saturated heterocycles. The summed E-state index contributed by atoms with van der Waals surface area (Å²) in [5, 5.41) is 17.0. The molecule has 1 atom stereocenters. The van der Waals surface area contributed by atoms with Gasteiger partial charge >= 0.3 is 0 Å². The Morgan fingerprint density at radius 3 is 2.62 bits per heavy atom. The first-order chi connectivity index (χ1) is 9.99. The van der Waals surface area contributed by atoms with Gasteiger partial charge in [0.25, 0.3) is 11.6 Å². The highest BCUT2D eigenvalue weighted by molar-refractivity contribution is 5.99. The number of nitro groups is 1. The van der Waals surface area contributed by atoms with Crippen LogP contribution in [0.2, 0.25) is 0 Å². The fraction of sp³-hybridized carbons (Fsp3) is 0.533. The largest absolute Gasteiger partial charge is 0.385 e. The fourth-order valence-electron chi connectivity index (χ4n) is 2.06. The van der Waals surface area contributed by atoms with E-state index in [1.807, 2.05) is 20.8 Å². The maximum absolute atomic E-state index is 12.2. The van der Waals surface area contributed by atoms with E-state index in [-0.39, 0.29) is 17.3 Å². The normalized spacial score (nSPS) is 11.8. The first-order valence-corrected chi connectivity index (χ1v) is 7.32. The highest BCUT2D eigenvalue weighted by atomic mass is 16.6. The van der Waals surface area contributed by atoms with Crippen molar-refractivity contribution in [1.82, 2.24) is 5.32 Å². The van der Waals surface area contributed by atoms with Crippen LogP contribution in [-0.2, 0) is 0 Å². The Kier molecular flexibility index (Phi) is 6.65. The molecule has 0 bridgehead atoms. The van der Waals surface area contributed by atoms with Crippen molar-refractivity contribution < 1.29 is 9.72 Å². The molecule has 1 amide bonds. The molecule has 1 unspecified atom stereocenters. The van der Waals surface area contributed by atoms with Crippen molar-refractivity contribution in [2.45, 2.75) is 46.1 Å². The second-order valence-electron chi connectivity index (χ2n) is 5.08. The molecule has 21 heavy (non-hydrogen) atoms. The third kappa shape index (κ3) is 5.06. The molecule has 6 nitrogen and oxygen atoms in total. The van der Waals surface area contributed by atoms with Gasteiger partial charge in [-0.3, -0.25) is 14.9 Å². The lowest BCUT2D eigenvalue weighted by molar-refractivity contribution is -0.385. The zero-order chi connectivity index (χ0) is 15.8. The Labute approximate surface area is 125 Å². The number of nitro benzene ring substituents is 1. The highest BCUT2D eigenvalue weighted by Gasteiger charge is 2.21. The number of hydrogen-bond donors (Lipinski definition) is 2. The van der Waals surface area contributed by atoms with Crippen molar-refractivity contribution in [3.63, 3.8) is 0 Å². The number of carbonyl (C=O) groups is 1. The summed E-state index contributed by atoms with van der Waals surface area (Å²) >= 11 is 0. The zero-order valence-corrected chi connectivity index (χ0v) is 12.8. The average molecular weight is 293 g/mol. The molecular formula is C15H23N3O3. The number of nitrogens with zero attached hydrogens (tertiary/aromatic N) is 1. The maximum Gasteiger partial charge on any atom is 0.282 e. The molecule has 0 fully saturated rings. The van der Waals surface area contributed by atoms with Crippen molar-refractivity contribution in [2.24, 2.45) is 0 Å². The summed E-state index contributed by atoms with van der Waals surface area (Å²) in [4.78, 5) is 22.8. The van der Waals surface area contributed by atoms with E-state index < -0.39 is 10.8 Å². The van der Waals surface area contributed by atoms with Crippen LogP contribution in [0.4, 0.5) is 11.4 Å². The van der Waals surface area contributed by atoms with Gasteiger partial charge in [-0.05, 0) is 31.9 Å². The summed E-state index contributed by atoms with van der Waals surface area (Å²) in [6.07, 6.45) is 2.72. The van der Waals surface area contributed by atoms with Gasteiger partial charge in [0.05, 0.1) is 4.92 Å². The number of anilines is 1. The molecule has 116 valence electrons. The molecule has 2 N–H and O–H groups in total. The number of amides is 1. The molecule has 0 aliphatic rings. The summed E-state index contributed by atoms with van der Waals surface area (Å²) in [7, 11) is 0. The van der Waals surface area contributed by atoms with Gasteiger partial charge in [-0.15, -0.1) is 0 Å². The van der Waals surface area contributed by atoms with Gasteiger partial charge in [0, 0.05) is 24.3 Å². The number of carbonyl (C=O) groups excluding carboxylic acids is 1. The first-order valence-electron chi connectivity index (χ1n) is 7.32. The Hall–Kier alpha value is -2.11. The van der Waals surface area contributed by atoms with Crippen LogP contribution >= 0.6 is 0 Å². The lowest BCUT2D eigenvalue weighted by atomic mass is 10.1. The third-order valence-electron chi connectivity index (χ3n) is 3.12. The van der Waals surface area contributed by atoms with Crippen molar-refractivity contribution in [2.75, 3.05) is 11.9 Å². The van der Waals surface area contributed by atoms with E-state index in [9.17, 15) is 14.9 Å².